The van der Waals surface area contributed by atoms with Gasteiger partial charge in [0, 0.05) is 31.6 Å². The van der Waals surface area contributed by atoms with Crippen LogP contribution in [0.25, 0.3) is 0 Å². The van der Waals surface area contributed by atoms with Crippen LogP contribution in [0.4, 0.5) is 4.79 Å². The lowest BCUT2D eigenvalue weighted by atomic mass is 9.71. The maximum atomic E-state index is 12.9. The maximum Gasteiger partial charge on any atom is 0.410 e. The summed E-state index contributed by atoms with van der Waals surface area (Å²) >= 11 is 12.7. The smallest absolute Gasteiger partial charge is 0.410 e. The minimum atomic E-state index is -0.509. The van der Waals surface area contributed by atoms with Crippen LogP contribution in [0, 0.1) is 0 Å². The van der Waals surface area contributed by atoms with Crippen molar-refractivity contribution in [3.05, 3.63) is 69.2 Å². The normalized spacial score (nSPS) is 21.3. The molecule has 0 saturated carbocycles. The van der Waals surface area contributed by atoms with Crippen LogP contribution in [0.3, 0.4) is 0 Å². The molecule has 0 radical (unpaired) electrons. The average molecular weight is 504 g/mol. The van der Waals surface area contributed by atoms with Crippen molar-refractivity contribution in [2.75, 3.05) is 26.2 Å². The topological polar surface area (TPSA) is 32.8 Å². The van der Waals surface area contributed by atoms with E-state index in [1.165, 1.54) is 16.7 Å². The number of piperidine rings is 1. The summed E-state index contributed by atoms with van der Waals surface area (Å²) in [5, 5.41) is 1.13. The Labute approximate surface area is 214 Å². The molecule has 1 fully saturated rings. The van der Waals surface area contributed by atoms with Gasteiger partial charge in [0.2, 0.25) is 0 Å². The van der Waals surface area contributed by atoms with Crippen LogP contribution in [0.15, 0.2) is 42.5 Å². The first-order chi connectivity index (χ1) is 16.2. The molecule has 1 saturated heterocycles. The number of likely N-dealkylation sites (tertiary alicyclic amines) is 1. The molecule has 2 aromatic rings. The molecule has 0 N–H and O–H groups in total. The number of hydrogen-bond acceptors (Lipinski definition) is 3. The predicted octanol–water partition coefficient (Wildman–Crippen LogP) is 7.10. The molecule has 1 amide bonds. The van der Waals surface area contributed by atoms with Crippen LogP contribution in [-0.4, -0.2) is 47.7 Å². The van der Waals surface area contributed by atoms with Gasteiger partial charge in [0.1, 0.15) is 5.60 Å². The molecule has 0 spiro atoms. The summed E-state index contributed by atoms with van der Waals surface area (Å²) in [6.45, 7) is 10.3. The molecular formula is C28H36Cl2N2O2. The van der Waals surface area contributed by atoms with Crippen LogP contribution in [-0.2, 0) is 23.1 Å². The van der Waals surface area contributed by atoms with Crippen LogP contribution in [0.5, 0.6) is 0 Å². The number of rotatable bonds is 5. The number of carbonyl (C=O) groups is 1. The van der Waals surface area contributed by atoms with Crippen LogP contribution in [0.1, 0.15) is 63.1 Å². The second kappa shape index (κ2) is 10.5. The summed E-state index contributed by atoms with van der Waals surface area (Å²) in [6.07, 6.45) is 4.89. The van der Waals surface area contributed by atoms with Crippen molar-refractivity contribution in [2.45, 2.75) is 70.4 Å². The van der Waals surface area contributed by atoms with Gasteiger partial charge in [0.25, 0.3) is 0 Å². The van der Waals surface area contributed by atoms with Gasteiger partial charge >= 0.3 is 6.09 Å². The van der Waals surface area contributed by atoms with E-state index in [4.69, 9.17) is 27.9 Å². The third-order valence-electron chi connectivity index (χ3n) is 7.10. The zero-order chi connectivity index (χ0) is 24.3. The Balaban J connectivity index is 1.49. The summed E-state index contributed by atoms with van der Waals surface area (Å²) in [6, 6.07) is 14.7. The fraction of sp³-hybridized carbons (Fsp3) is 0.536. The highest BCUT2D eigenvalue weighted by atomic mass is 35.5. The first-order valence-electron chi connectivity index (χ1n) is 12.4. The quantitative estimate of drug-likeness (QED) is 0.436. The molecule has 184 valence electrons. The van der Waals surface area contributed by atoms with Crippen molar-refractivity contribution in [2.24, 2.45) is 0 Å². The Bertz CT molecular complexity index is 1020. The zero-order valence-corrected chi connectivity index (χ0v) is 22.1. The summed E-state index contributed by atoms with van der Waals surface area (Å²) < 4.78 is 5.71. The standard InChI is InChI=1S/C28H36Cl2N2O2/c1-27(2,3)34-26(33)32-16-7-14-28(20-32,23-10-11-24(29)25(30)18-23)13-6-15-31-17-12-21-8-4-5-9-22(21)19-31/h4-5,8-11,18H,6-7,12-17,19-20H2,1-3H3. The van der Waals surface area contributed by atoms with E-state index in [0.29, 0.717) is 16.6 Å². The van der Waals surface area contributed by atoms with Gasteiger partial charge < -0.3 is 9.64 Å². The highest BCUT2D eigenvalue weighted by Gasteiger charge is 2.40. The van der Waals surface area contributed by atoms with E-state index in [0.717, 1.165) is 58.3 Å². The number of benzene rings is 2. The van der Waals surface area contributed by atoms with E-state index in [-0.39, 0.29) is 11.5 Å². The van der Waals surface area contributed by atoms with Crippen molar-refractivity contribution in [3.63, 3.8) is 0 Å². The van der Waals surface area contributed by atoms with Gasteiger partial charge in [0.15, 0.2) is 0 Å². The Morgan fingerprint density at radius 2 is 1.82 bits per heavy atom. The largest absolute Gasteiger partial charge is 0.444 e. The molecule has 0 bridgehead atoms. The van der Waals surface area contributed by atoms with Gasteiger partial charge in [-0.1, -0.05) is 53.5 Å². The SMILES string of the molecule is CC(C)(C)OC(=O)N1CCCC(CCCN2CCc3ccccc3C2)(c2ccc(Cl)c(Cl)c2)C1. The van der Waals surface area contributed by atoms with Crippen LogP contribution >= 0.6 is 23.2 Å². The van der Waals surface area contributed by atoms with Gasteiger partial charge in [0.05, 0.1) is 10.0 Å². The van der Waals surface area contributed by atoms with Crippen molar-refractivity contribution in [1.82, 2.24) is 9.80 Å². The van der Waals surface area contributed by atoms with Crippen molar-refractivity contribution < 1.29 is 9.53 Å². The molecule has 4 nitrogen and oxygen atoms in total. The van der Waals surface area contributed by atoms with E-state index < -0.39 is 5.60 Å². The fourth-order valence-electron chi connectivity index (χ4n) is 5.41. The van der Waals surface area contributed by atoms with Gasteiger partial charge in [-0.3, -0.25) is 4.90 Å². The molecule has 2 aliphatic heterocycles. The lowest BCUT2D eigenvalue weighted by Gasteiger charge is -2.44. The Kier molecular flexibility index (Phi) is 7.81. The van der Waals surface area contributed by atoms with E-state index in [2.05, 4.69) is 35.2 Å². The van der Waals surface area contributed by atoms with Crippen molar-refractivity contribution in [1.29, 1.82) is 0 Å². The highest BCUT2D eigenvalue weighted by molar-refractivity contribution is 6.42. The number of carbonyl (C=O) groups excluding carboxylic acids is 1. The van der Waals surface area contributed by atoms with E-state index >= 15 is 0 Å². The first kappa shape index (κ1) is 25.3. The van der Waals surface area contributed by atoms with Crippen LogP contribution < -0.4 is 0 Å². The predicted molar refractivity (Wildman–Crippen MR) is 140 cm³/mol. The average Bonchev–Trinajstić information content (AvgIpc) is 2.80. The van der Waals surface area contributed by atoms with E-state index in [1.807, 2.05) is 37.8 Å². The molecule has 6 heteroatoms. The Morgan fingerprint density at radius 1 is 1.06 bits per heavy atom. The number of ether oxygens (including phenoxy) is 1. The molecule has 2 aliphatic rings. The van der Waals surface area contributed by atoms with Crippen molar-refractivity contribution in [3.8, 4) is 0 Å². The molecule has 2 heterocycles. The number of fused-ring (bicyclic) bond motifs is 1. The van der Waals surface area contributed by atoms with E-state index in [9.17, 15) is 4.79 Å². The minimum absolute atomic E-state index is 0.156. The molecule has 4 rings (SSSR count). The molecule has 34 heavy (non-hydrogen) atoms. The Hall–Kier alpha value is -1.75. The van der Waals surface area contributed by atoms with Gasteiger partial charge in [-0.25, -0.2) is 4.79 Å². The third-order valence-corrected chi connectivity index (χ3v) is 7.84. The molecule has 1 unspecified atom stereocenters. The maximum absolute atomic E-state index is 12.9. The summed E-state index contributed by atoms with van der Waals surface area (Å²) in [5.41, 5.74) is 3.43. The first-order valence-corrected chi connectivity index (χ1v) is 13.1. The molecule has 1 atom stereocenters. The monoisotopic (exact) mass is 502 g/mol. The zero-order valence-electron chi connectivity index (χ0n) is 20.6. The summed E-state index contributed by atoms with van der Waals surface area (Å²) in [7, 11) is 0. The molecule has 0 aliphatic carbocycles. The number of halogens is 2. The molecule has 0 aromatic heterocycles. The number of nitrogens with zero attached hydrogens (tertiary/aromatic N) is 2. The second-order valence-corrected chi connectivity index (χ2v) is 11.6. The highest BCUT2D eigenvalue weighted by Crippen LogP contribution is 2.41. The molecular weight excluding hydrogens is 467 g/mol. The van der Waals surface area contributed by atoms with E-state index in [1.54, 1.807) is 0 Å². The Morgan fingerprint density at radius 3 is 2.56 bits per heavy atom. The fourth-order valence-corrected chi connectivity index (χ4v) is 5.71. The molecule has 2 aromatic carbocycles. The second-order valence-electron chi connectivity index (χ2n) is 10.8. The van der Waals surface area contributed by atoms with Crippen LogP contribution in [0.2, 0.25) is 10.0 Å². The van der Waals surface area contributed by atoms with Crippen molar-refractivity contribution >= 4 is 29.3 Å². The summed E-state index contributed by atoms with van der Waals surface area (Å²) in [5.74, 6) is 0. The third kappa shape index (κ3) is 6.08. The van der Waals surface area contributed by atoms with Gasteiger partial charge in [-0.15, -0.1) is 0 Å². The lowest BCUT2D eigenvalue weighted by Crippen LogP contribution is -2.50. The number of hydrogen-bond donors (Lipinski definition) is 0. The van der Waals surface area contributed by atoms with Gasteiger partial charge in [-0.05, 0) is 88.2 Å². The summed E-state index contributed by atoms with van der Waals surface area (Å²) in [4.78, 5) is 17.4. The van der Waals surface area contributed by atoms with Gasteiger partial charge in [-0.2, -0.15) is 0 Å². The lowest BCUT2D eigenvalue weighted by molar-refractivity contribution is 0.0123. The number of amides is 1. The minimum Gasteiger partial charge on any atom is -0.444 e.